The van der Waals surface area contributed by atoms with E-state index in [0.29, 0.717) is 17.2 Å². The Morgan fingerprint density at radius 1 is 1.25 bits per heavy atom. The summed E-state index contributed by atoms with van der Waals surface area (Å²) in [4.78, 5) is 0. The van der Waals surface area contributed by atoms with E-state index < -0.39 is 0 Å². The molecule has 0 radical (unpaired) electrons. The highest BCUT2D eigenvalue weighted by atomic mass is 16.5. The summed E-state index contributed by atoms with van der Waals surface area (Å²) in [6, 6.07) is 7.45. The summed E-state index contributed by atoms with van der Waals surface area (Å²) in [5, 5.41) is 18.3. The van der Waals surface area contributed by atoms with Crippen LogP contribution in [-0.4, -0.2) is 37.5 Å². The quantitative estimate of drug-likeness (QED) is 0.734. The second-order valence-electron chi connectivity index (χ2n) is 4.19. The van der Waals surface area contributed by atoms with Gasteiger partial charge in [0, 0.05) is 0 Å². The molecular weight excluding hydrogens is 258 g/mol. The average molecular weight is 271 g/mol. The van der Waals surface area contributed by atoms with Crippen LogP contribution in [0.4, 0.5) is 5.82 Å². The first kappa shape index (κ1) is 12.2. The number of aromatic nitrogens is 6. The molecular formula is C12H13N7O. The lowest BCUT2D eigenvalue weighted by Gasteiger charge is -2.05. The number of methoxy groups -OCH3 is 1. The molecule has 3 N–H and O–H groups in total. The molecule has 0 aliphatic heterocycles. The first-order chi connectivity index (χ1) is 9.70. The molecule has 0 aliphatic rings. The number of benzene rings is 1. The van der Waals surface area contributed by atoms with E-state index in [0.717, 1.165) is 17.1 Å². The molecule has 0 spiro atoms. The van der Waals surface area contributed by atoms with Crippen molar-refractivity contribution in [2.24, 2.45) is 0 Å². The van der Waals surface area contributed by atoms with Gasteiger partial charge in [-0.3, -0.25) is 0 Å². The van der Waals surface area contributed by atoms with E-state index in [2.05, 4.69) is 25.7 Å². The molecule has 1 aromatic carbocycles. The van der Waals surface area contributed by atoms with Crippen LogP contribution in [0.2, 0.25) is 0 Å². The first-order valence-electron chi connectivity index (χ1n) is 5.94. The van der Waals surface area contributed by atoms with Crippen LogP contribution < -0.4 is 10.5 Å². The number of nitrogens with one attached hydrogen (secondary N) is 1. The maximum absolute atomic E-state index is 6.15. The number of nitrogens with zero attached hydrogens (tertiary/aromatic N) is 5. The minimum Gasteiger partial charge on any atom is -0.497 e. The van der Waals surface area contributed by atoms with E-state index in [1.54, 1.807) is 11.8 Å². The lowest BCUT2D eigenvalue weighted by atomic mass is 10.2. The molecule has 0 atom stereocenters. The van der Waals surface area contributed by atoms with Crippen molar-refractivity contribution < 1.29 is 4.74 Å². The Kier molecular flexibility index (Phi) is 2.82. The Labute approximate surface area is 114 Å². The van der Waals surface area contributed by atoms with Crippen LogP contribution >= 0.6 is 0 Å². The smallest absolute Gasteiger partial charge is 0.210 e. The maximum atomic E-state index is 6.15. The molecule has 0 saturated heterocycles. The molecule has 3 aromatic rings. The Bertz CT molecular complexity index is 715. The predicted molar refractivity (Wildman–Crippen MR) is 72.4 cm³/mol. The zero-order chi connectivity index (χ0) is 14.1. The molecule has 3 rings (SSSR count). The van der Waals surface area contributed by atoms with Crippen LogP contribution in [0.25, 0.3) is 17.1 Å². The van der Waals surface area contributed by atoms with Crippen molar-refractivity contribution in [3.63, 3.8) is 0 Å². The van der Waals surface area contributed by atoms with Crippen molar-refractivity contribution in [2.75, 3.05) is 12.8 Å². The Hall–Kier alpha value is -2.90. The molecule has 0 amide bonds. The second-order valence-corrected chi connectivity index (χ2v) is 4.19. The van der Waals surface area contributed by atoms with Gasteiger partial charge in [0.25, 0.3) is 0 Å². The van der Waals surface area contributed by atoms with Gasteiger partial charge in [-0.2, -0.15) is 10.3 Å². The number of nitrogen functional groups attached to an aromatic ring is 1. The van der Waals surface area contributed by atoms with Gasteiger partial charge < -0.3 is 10.5 Å². The average Bonchev–Trinajstić information content (AvgIpc) is 3.07. The standard InChI is InChI=1S/C12H13N7O/c1-7-10(12-14-17-18-15-12)11(13)19(16-7)8-3-5-9(20-2)6-4-8/h3-6H,13H2,1-2H3,(H,14,15,17,18). The summed E-state index contributed by atoms with van der Waals surface area (Å²) < 4.78 is 6.77. The van der Waals surface area contributed by atoms with Gasteiger partial charge in [0.1, 0.15) is 11.6 Å². The van der Waals surface area contributed by atoms with E-state index in [1.807, 2.05) is 31.2 Å². The summed E-state index contributed by atoms with van der Waals surface area (Å²) in [7, 11) is 1.62. The van der Waals surface area contributed by atoms with Crippen LogP contribution in [-0.2, 0) is 0 Å². The second kappa shape index (κ2) is 4.65. The molecule has 8 heteroatoms. The van der Waals surface area contributed by atoms with Crippen molar-refractivity contribution >= 4 is 5.82 Å². The van der Waals surface area contributed by atoms with E-state index in [-0.39, 0.29) is 0 Å². The molecule has 20 heavy (non-hydrogen) atoms. The van der Waals surface area contributed by atoms with Gasteiger partial charge in [0.05, 0.1) is 24.1 Å². The molecule has 102 valence electrons. The van der Waals surface area contributed by atoms with Crippen molar-refractivity contribution in [1.82, 2.24) is 30.4 Å². The predicted octanol–water partition coefficient (Wildman–Crippen LogP) is 0.952. The van der Waals surface area contributed by atoms with Crippen LogP contribution in [0.1, 0.15) is 5.69 Å². The third-order valence-electron chi connectivity index (χ3n) is 2.98. The number of tetrazole rings is 1. The number of aromatic amines is 1. The zero-order valence-electron chi connectivity index (χ0n) is 11.0. The van der Waals surface area contributed by atoms with Gasteiger partial charge >= 0.3 is 0 Å². The largest absolute Gasteiger partial charge is 0.497 e. The molecule has 2 aromatic heterocycles. The zero-order valence-corrected chi connectivity index (χ0v) is 11.0. The molecule has 0 unspecified atom stereocenters. The van der Waals surface area contributed by atoms with E-state index >= 15 is 0 Å². The van der Waals surface area contributed by atoms with Gasteiger partial charge in [0.2, 0.25) is 5.82 Å². The van der Waals surface area contributed by atoms with Crippen molar-refractivity contribution in [2.45, 2.75) is 6.92 Å². The SMILES string of the molecule is COc1ccc(-n2nc(C)c(-c3nn[nH]n3)c2N)cc1. The van der Waals surface area contributed by atoms with E-state index in [4.69, 9.17) is 10.5 Å². The number of H-pyrrole nitrogens is 1. The lowest BCUT2D eigenvalue weighted by molar-refractivity contribution is 0.414. The highest BCUT2D eigenvalue weighted by Crippen LogP contribution is 2.28. The minimum atomic E-state index is 0.430. The number of aryl methyl sites for hydroxylation is 1. The van der Waals surface area contributed by atoms with Gasteiger partial charge in [-0.25, -0.2) is 4.68 Å². The Balaban J connectivity index is 2.09. The topological polar surface area (TPSA) is 108 Å². The maximum Gasteiger partial charge on any atom is 0.210 e. The fourth-order valence-electron chi connectivity index (χ4n) is 2.01. The molecule has 0 aliphatic carbocycles. The Morgan fingerprint density at radius 3 is 2.60 bits per heavy atom. The summed E-state index contributed by atoms with van der Waals surface area (Å²) in [6.07, 6.45) is 0. The fourth-order valence-corrected chi connectivity index (χ4v) is 2.01. The highest BCUT2D eigenvalue weighted by Gasteiger charge is 2.18. The summed E-state index contributed by atoms with van der Waals surface area (Å²) in [5.74, 6) is 1.67. The normalized spacial score (nSPS) is 10.7. The monoisotopic (exact) mass is 271 g/mol. The number of hydrogen-bond donors (Lipinski definition) is 2. The summed E-state index contributed by atoms with van der Waals surface area (Å²) in [6.45, 7) is 1.85. The van der Waals surface area contributed by atoms with Crippen molar-refractivity contribution in [1.29, 1.82) is 0 Å². The summed E-state index contributed by atoms with van der Waals surface area (Å²) in [5.41, 5.74) is 8.39. The molecule has 0 saturated carbocycles. The Morgan fingerprint density at radius 2 is 2.00 bits per heavy atom. The molecule has 0 fully saturated rings. The van der Waals surface area contributed by atoms with E-state index in [1.165, 1.54) is 0 Å². The van der Waals surface area contributed by atoms with E-state index in [9.17, 15) is 0 Å². The van der Waals surface area contributed by atoms with Crippen LogP contribution in [0.5, 0.6) is 5.75 Å². The number of nitrogens with two attached hydrogens (primary N) is 1. The van der Waals surface area contributed by atoms with Crippen molar-refractivity contribution in [3.8, 4) is 22.8 Å². The first-order valence-corrected chi connectivity index (χ1v) is 5.94. The molecule has 8 nitrogen and oxygen atoms in total. The van der Waals surface area contributed by atoms with Gasteiger partial charge in [-0.1, -0.05) is 0 Å². The van der Waals surface area contributed by atoms with Gasteiger partial charge in [-0.15, -0.1) is 10.2 Å². The van der Waals surface area contributed by atoms with Crippen LogP contribution in [0.3, 0.4) is 0 Å². The van der Waals surface area contributed by atoms with Gasteiger partial charge in [-0.05, 0) is 36.4 Å². The van der Waals surface area contributed by atoms with Gasteiger partial charge in [0.15, 0.2) is 0 Å². The number of rotatable bonds is 3. The number of hydrogen-bond acceptors (Lipinski definition) is 6. The fraction of sp³-hybridized carbons (Fsp3) is 0.167. The lowest BCUT2D eigenvalue weighted by Crippen LogP contribution is -2.02. The van der Waals surface area contributed by atoms with Crippen LogP contribution in [0, 0.1) is 6.92 Å². The third kappa shape index (κ3) is 1.87. The van der Waals surface area contributed by atoms with Crippen LogP contribution in [0.15, 0.2) is 24.3 Å². The minimum absolute atomic E-state index is 0.430. The number of ether oxygens (including phenoxy) is 1. The molecule has 2 heterocycles. The summed E-state index contributed by atoms with van der Waals surface area (Å²) >= 11 is 0. The third-order valence-corrected chi connectivity index (χ3v) is 2.98. The molecule has 0 bridgehead atoms. The number of anilines is 1. The highest BCUT2D eigenvalue weighted by molar-refractivity contribution is 5.72. The van der Waals surface area contributed by atoms with Crippen molar-refractivity contribution in [3.05, 3.63) is 30.0 Å².